The average molecular weight is 285 g/mol. The van der Waals surface area contributed by atoms with Crippen LogP contribution in [0.15, 0.2) is 36.4 Å². The minimum Gasteiger partial charge on any atom is -0.497 e. The van der Waals surface area contributed by atoms with Gasteiger partial charge in [-0.2, -0.15) is 0 Å². The maximum Gasteiger partial charge on any atom is 0.119 e. The molecule has 2 unspecified atom stereocenters. The molecule has 3 heteroatoms. The van der Waals surface area contributed by atoms with Crippen molar-refractivity contribution in [2.24, 2.45) is 0 Å². The fraction of sp³-hybridized carbons (Fsp3) is 0.444. The van der Waals surface area contributed by atoms with E-state index in [1.165, 1.54) is 35.6 Å². The summed E-state index contributed by atoms with van der Waals surface area (Å²) in [6.45, 7) is 0.895. The highest BCUT2D eigenvalue weighted by atomic mass is 16.5. The van der Waals surface area contributed by atoms with Crippen LogP contribution in [0.1, 0.15) is 24.8 Å². The fourth-order valence-electron chi connectivity index (χ4n) is 3.20. The molecular weight excluding hydrogens is 262 g/mol. The van der Waals surface area contributed by atoms with E-state index in [1.54, 1.807) is 7.11 Å². The van der Waals surface area contributed by atoms with Crippen LogP contribution in [0.2, 0.25) is 0 Å². The summed E-state index contributed by atoms with van der Waals surface area (Å²) in [5.74, 6) is 0.905. The smallest absolute Gasteiger partial charge is 0.119 e. The Kier molecular flexibility index (Phi) is 4.42. The van der Waals surface area contributed by atoms with Gasteiger partial charge in [-0.05, 0) is 53.8 Å². The fourth-order valence-corrected chi connectivity index (χ4v) is 3.20. The third kappa shape index (κ3) is 3.20. The molecule has 2 aromatic rings. The van der Waals surface area contributed by atoms with Crippen LogP contribution < -0.4 is 10.1 Å². The number of methoxy groups -OCH3 is 2. The molecule has 1 fully saturated rings. The molecule has 21 heavy (non-hydrogen) atoms. The van der Waals surface area contributed by atoms with Gasteiger partial charge in [-0.15, -0.1) is 0 Å². The minimum absolute atomic E-state index is 0.370. The molecule has 3 nitrogen and oxygen atoms in total. The van der Waals surface area contributed by atoms with E-state index in [9.17, 15) is 0 Å². The first-order chi connectivity index (χ1) is 10.3. The van der Waals surface area contributed by atoms with Crippen molar-refractivity contribution in [1.82, 2.24) is 5.32 Å². The summed E-state index contributed by atoms with van der Waals surface area (Å²) in [6, 6.07) is 13.3. The van der Waals surface area contributed by atoms with Crippen LogP contribution >= 0.6 is 0 Å². The van der Waals surface area contributed by atoms with Gasteiger partial charge in [0, 0.05) is 19.7 Å². The largest absolute Gasteiger partial charge is 0.497 e. The first kappa shape index (κ1) is 14.4. The number of rotatable bonds is 5. The Morgan fingerprint density at radius 1 is 1.05 bits per heavy atom. The standard InChI is InChI=1S/C18H23NO2/c1-20-16-9-8-14-10-13(6-7-15(14)11-16)12-19-17-4-3-5-18(17)21-2/h6-11,17-19H,3-5,12H2,1-2H3. The summed E-state index contributed by atoms with van der Waals surface area (Å²) < 4.78 is 10.8. The Hall–Kier alpha value is -1.58. The van der Waals surface area contributed by atoms with Gasteiger partial charge in [-0.1, -0.05) is 18.2 Å². The van der Waals surface area contributed by atoms with Crippen LogP contribution in [0.25, 0.3) is 10.8 Å². The van der Waals surface area contributed by atoms with Gasteiger partial charge in [-0.25, -0.2) is 0 Å². The molecule has 0 bridgehead atoms. The molecule has 0 saturated heterocycles. The van der Waals surface area contributed by atoms with Crippen molar-refractivity contribution in [1.29, 1.82) is 0 Å². The van der Waals surface area contributed by atoms with E-state index in [1.807, 2.05) is 13.2 Å². The molecule has 112 valence electrons. The third-order valence-electron chi connectivity index (χ3n) is 4.44. The molecule has 1 aliphatic rings. The summed E-state index contributed by atoms with van der Waals surface area (Å²) in [5, 5.41) is 6.11. The Balaban J connectivity index is 1.70. The van der Waals surface area contributed by atoms with Crippen molar-refractivity contribution in [2.45, 2.75) is 38.0 Å². The highest BCUT2D eigenvalue weighted by Crippen LogP contribution is 2.24. The minimum atomic E-state index is 0.370. The Labute approximate surface area is 126 Å². The number of nitrogens with one attached hydrogen (secondary N) is 1. The number of hydrogen-bond acceptors (Lipinski definition) is 3. The van der Waals surface area contributed by atoms with Crippen molar-refractivity contribution in [2.75, 3.05) is 14.2 Å². The third-order valence-corrected chi connectivity index (χ3v) is 4.44. The van der Waals surface area contributed by atoms with Gasteiger partial charge in [0.25, 0.3) is 0 Å². The predicted octanol–water partition coefficient (Wildman–Crippen LogP) is 3.51. The van der Waals surface area contributed by atoms with Crippen molar-refractivity contribution in [3.63, 3.8) is 0 Å². The Morgan fingerprint density at radius 3 is 2.67 bits per heavy atom. The molecule has 1 aliphatic carbocycles. The summed E-state index contributed by atoms with van der Waals surface area (Å²) in [5.41, 5.74) is 1.31. The van der Waals surface area contributed by atoms with E-state index in [0.717, 1.165) is 12.3 Å². The second kappa shape index (κ2) is 6.46. The highest BCUT2D eigenvalue weighted by molar-refractivity contribution is 5.84. The normalized spacial score (nSPS) is 21.8. The van der Waals surface area contributed by atoms with Crippen LogP contribution in [0.3, 0.4) is 0 Å². The molecule has 0 aliphatic heterocycles. The van der Waals surface area contributed by atoms with E-state index in [-0.39, 0.29) is 0 Å². The molecule has 0 amide bonds. The molecule has 2 aromatic carbocycles. The van der Waals surface area contributed by atoms with Crippen molar-refractivity contribution in [3.8, 4) is 5.75 Å². The highest BCUT2D eigenvalue weighted by Gasteiger charge is 2.26. The summed E-state index contributed by atoms with van der Waals surface area (Å²) in [6.07, 6.45) is 4.01. The van der Waals surface area contributed by atoms with E-state index in [0.29, 0.717) is 12.1 Å². The van der Waals surface area contributed by atoms with E-state index >= 15 is 0 Å². The van der Waals surface area contributed by atoms with Crippen LogP contribution in [0.5, 0.6) is 5.75 Å². The predicted molar refractivity (Wildman–Crippen MR) is 85.8 cm³/mol. The second-order valence-corrected chi connectivity index (χ2v) is 5.74. The average Bonchev–Trinajstić information content (AvgIpc) is 2.99. The zero-order valence-corrected chi connectivity index (χ0v) is 12.8. The summed E-state index contributed by atoms with van der Waals surface area (Å²) in [4.78, 5) is 0. The van der Waals surface area contributed by atoms with Crippen LogP contribution in [0, 0.1) is 0 Å². The quantitative estimate of drug-likeness (QED) is 0.912. The number of fused-ring (bicyclic) bond motifs is 1. The number of ether oxygens (including phenoxy) is 2. The van der Waals surface area contributed by atoms with Crippen molar-refractivity contribution < 1.29 is 9.47 Å². The van der Waals surface area contributed by atoms with E-state index in [2.05, 4.69) is 35.6 Å². The summed E-state index contributed by atoms with van der Waals surface area (Å²) in [7, 11) is 3.52. The van der Waals surface area contributed by atoms with Gasteiger partial charge in [0.15, 0.2) is 0 Å². The number of benzene rings is 2. The zero-order valence-electron chi connectivity index (χ0n) is 12.8. The summed E-state index contributed by atoms with van der Waals surface area (Å²) >= 11 is 0. The second-order valence-electron chi connectivity index (χ2n) is 5.74. The van der Waals surface area contributed by atoms with Gasteiger partial charge in [-0.3, -0.25) is 0 Å². The molecule has 2 atom stereocenters. The van der Waals surface area contributed by atoms with E-state index < -0.39 is 0 Å². The maximum absolute atomic E-state index is 5.53. The van der Waals surface area contributed by atoms with Crippen LogP contribution in [-0.2, 0) is 11.3 Å². The molecule has 0 spiro atoms. The van der Waals surface area contributed by atoms with Gasteiger partial charge in [0.05, 0.1) is 13.2 Å². The molecule has 1 saturated carbocycles. The van der Waals surface area contributed by atoms with Crippen molar-refractivity contribution >= 4 is 10.8 Å². The first-order valence-electron chi connectivity index (χ1n) is 7.63. The van der Waals surface area contributed by atoms with Gasteiger partial charge >= 0.3 is 0 Å². The first-order valence-corrected chi connectivity index (χ1v) is 7.63. The lowest BCUT2D eigenvalue weighted by molar-refractivity contribution is 0.0847. The lowest BCUT2D eigenvalue weighted by atomic mass is 10.1. The monoisotopic (exact) mass is 285 g/mol. The zero-order chi connectivity index (χ0) is 14.7. The lowest BCUT2D eigenvalue weighted by Gasteiger charge is -2.19. The SMILES string of the molecule is COc1ccc2cc(CNC3CCCC3OC)ccc2c1. The lowest BCUT2D eigenvalue weighted by Crippen LogP contribution is -2.36. The number of hydrogen-bond donors (Lipinski definition) is 1. The van der Waals surface area contributed by atoms with Crippen molar-refractivity contribution in [3.05, 3.63) is 42.0 Å². The Bertz CT molecular complexity index is 611. The van der Waals surface area contributed by atoms with E-state index in [4.69, 9.17) is 9.47 Å². The molecule has 1 N–H and O–H groups in total. The van der Waals surface area contributed by atoms with Gasteiger partial charge in [0.2, 0.25) is 0 Å². The molecular formula is C18H23NO2. The molecule has 0 aromatic heterocycles. The molecule has 0 radical (unpaired) electrons. The Morgan fingerprint density at radius 2 is 1.86 bits per heavy atom. The molecule has 0 heterocycles. The van der Waals surface area contributed by atoms with Crippen LogP contribution in [0.4, 0.5) is 0 Å². The topological polar surface area (TPSA) is 30.5 Å². The van der Waals surface area contributed by atoms with Gasteiger partial charge < -0.3 is 14.8 Å². The van der Waals surface area contributed by atoms with Gasteiger partial charge in [0.1, 0.15) is 5.75 Å². The van der Waals surface area contributed by atoms with Crippen LogP contribution in [-0.4, -0.2) is 26.4 Å². The maximum atomic E-state index is 5.53. The molecule has 3 rings (SSSR count).